The third-order valence-electron chi connectivity index (χ3n) is 4.16. The molecular formula is C16H21ClN4O3. The van der Waals surface area contributed by atoms with Crippen molar-refractivity contribution in [2.24, 2.45) is 5.92 Å². The predicted octanol–water partition coefficient (Wildman–Crippen LogP) is 3.07. The van der Waals surface area contributed by atoms with Crippen molar-refractivity contribution in [1.82, 2.24) is 20.4 Å². The Morgan fingerprint density at radius 2 is 2.17 bits per heavy atom. The van der Waals surface area contributed by atoms with Crippen molar-refractivity contribution in [3.8, 4) is 0 Å². The molecule has 1 fully saturated rings. The van der Waals surface area contributed by atoms with Crippen molar-refractivity contribution >= 4 is 17.5 Å². The van der Waals surface area contributed by atoms with Crippen LogP contribution in [-0.4, -0.2) is 34.2 Å². The number of rotatable bonds is 5. The highest BCUT2D eigenvalue weighted by Crippen LogP contribution is 2.30. The molecule has 2 aromatic heterocycles. The van der Waals surface area contributed by atoms with Crippen LogP contribution in [0, 0.1) is 5.92 Å². The fourth-order valence-electron chi connectivity index (χ4n) is 2.76. The summed E-state index contributed by atoms with van der Waals surface area (Å²) in [7, 11) is 0. The summed E-state index contributed by atoms with van der Waals surface area (Å²) in [5, 5.41) is 7.51. The molecule has 1 aliphatic heterocycles. The van der Waals surface area contributed by atoms with Gasteiger partial charge in [-0.1, -0.05) is 30.6 Å². The Kier molecular flexibility index (Phi) is 5.20. The molecule has 2 N–H and O–H groups in total. The molecule has 0 radical (unpaired) electrons. The minimum Gasteiger partial charge on any atom is -0.381 e. The van der Waals surface area contributed by atoms with Crippen LogP contribution in [-0.2, 0) is 4.74 Å². The summed E-state index contributed by atoms with van der Waals surface area (Å²) in [5.41, 5.74) is 0.403. The van der Waals surface area contributed by atoms with Crippen molar-refractivity contribution in [1.29, 1.82) is 0 Å². The minimum atomic E-state index is -0.344. The van der Waals surface area contributed by atoms with E-state index in [1.54, 1.807) is 12.3 Å². The number of nitrogens with zero attached hydrogens (tertiary/aromatic N) is 2. The third kappa shape index (κ3) is 3.79. The molecule has 0 bridgehead atoms. The molecule has 7 nitrogen and oxygen atoms in total. The molecule has 0 spiro atoms. The first-order chi connectivity index (χ1) is 11.5. The SMILES string of the molecule is CC(C)c1noc([C@H](NC(=O)c2cc(Cl)c[nH]2)C2CCOCC2)n1. The maximum Gasteiger partial charge on any atom is 0.268 e. The van der Waals surface area contributed by atoms with Crippen LogP contribution in [0.5, 0.6) is 0 Å². The van der Waals surface area contributed by atoms with Gasteiger partial charge >= 0.3 is 0 Å². The monoisotopic (exact) mass is 352 g/mol. The first-order valence-corrected chi connectivity index (χ1v) is 8.48. The van der Waals surface area contributed by atoms with Crippen LogP contribution in [0.2, 0.25) is 5.02 Å². The summed E-state index contributed by atoms with van der Waals surface area (Å²) >= 11 is 5.88. The van der Waals surface area contributed by atoms with Gasteiger partial charge in [-0.3, -0.25) is 4.79 Å². The normalized spacial score (nSPS) is 17.2. The van der Waals surface area contributed by atoms with E-state index in [1.807, 2.05) is 13.8 Å². The number of halogens is 1. The van der Waals surface area contributed by atoms with Gasteiger partial charge in [0.1, 0.15) is 11.7 Å². The van der Waals surface area contributed by atoms with E-state index in [0.29, 0.717) is 35.6 Å². The summed E-state index contributed by atoms with van der Waals surface area (Å²) in [6.07, 6.45) is 3.23. The van der Waals surface area contributed by atoms with Gasteiger partial charge < -0.3 is 19.6 Å². The molecule has 0 unspecified atom stereocenters. The van der Waals surface area contributed by atoms with Gasteiger partial charge in [-0.2, -0.15) is 4.98 Å². The fraction of sp³-hybridized carbons (Fsp3) is 0.562. The van der Waals surface area contributed by atoms with Gasteiger partial charge in [0.05, 0.1) is 5.02 Å². The Morgan fingerprint density at radius 1 is 1.42 bits per heavy atom. The van der Waals surface area contributed by atoms with E-state index in [9.17, 15) is 4.79 Å². The van der Waals surface area contributed by atoms with Crippen molar-refractivity contribution in [2.45, 2.75) is 38.6 Å². The molecule has 1 amide bonds. The maximum absolute atomic E-state index is 12.5. The van der Waals surface area contributed by atoms with E-state index in [2.05, 4.69) is 20.4 Å². The third-order valence-corrected chi connectivity index (χ3v) is 4.37. The van der Waals surface area contributed by atoms with Crippen molar-refractivity contribution < 1.29 is 14.1 Å². The standard InChI is InChI=1S/C16H21ClN4O3/c1-9(2)14-20-16(24-21-14)13(10-3-5-23-6-4-10)19-15(22)12-7-11(17)8-18-12/h7-10,13,18H,3-6H2,1-2H3,(H,19,22)/t13-/m1/s1. The van der Waals surface area contributed by atoms with E-state index in [-0.39, 0.29) is 23.8 Å². The van der Waals surface area contributed by atoms with Crippen LogP contribution < -0.4 is 5.32 Å². The smallest absolute Gasteiger partial charge is 0.268 e. The van der Waals surface area contributed by atoms with E-state index < -0.39 is 0 Å². The molecule has 2 aromatic rings. The number of carbonyl (C=O) groups excluding carboxylic acids is 1. The lowest BCUT2D eigenvalue weighted by Gasteiger charge is -2.28. The van der Waals surface area contributed by atoms with Gasteiger partial charge in [-0.15, -0.1) is 0 Å². The Balaban J connectivity index is 1.82. The quantitative estimate of drug-likeness (QED) is 0.862. The molecule has 0 aromatic carbocycles. The maximum atomic E-state index is 12.5. The average Bonchev–Trinajstić information content (AvgIpc) is 3.22. The van der Waals surface area contributed by atoms with Crippen molar-refractivity contribution in [3.63, 3.8) is 0 Å². The van der Waals surface area contributed by atoms with Gasteiger partial charge in [-0.25, -0.2) is 0 Å². The van der Waals surface area contributed by atoms with E-state index in [0.717, 1.165) is 12.8 Å². The Hall–Kier alpha value is -1.86. The number of aromatic amines is 1. The molecule has 0 saturated carbocycles. The zero-order valence-corrected chi connectivity index (χ0v) is 14.5. The number of nitrogens with one attached hydrogen (secondary N) is 2. The van der Waals surface area contributed by atoms with Gasteiger partial charge in [0.2, 0.25) is 5.89 Å². The number of carbonyl (C=O) groups is 1. The molecular weight excluding hydrogens is 332 g/mol. The number of ether oxygens (including phenoxy) is 1. The average molecular weight is 353 g/mol. The molecule has 3 heterocycles. The van der Waals surface area contributed by atoms with Gasteiger partial charge in [-0.05, 0) is 24.8 Å². The fourth-order valence-corrected chi connectivity index (χ4v) is 2.92. The molecule has 0 aliphatic carbocycles. The number of aromatic nitrogens is 3. The van der Waals surface area contributed by atoms with E-state index >= 15 is 0 Å². The second-order valence-corrected chi connectivity index (χ2v) is 6.71. The van der Waals surface area contributed by atoms with Crippen molar-refractivity contribution in [2.75, 3.05) is 13.2 Å². The summed E-state index contributed by atoms with van der Waals surface area (Å²) in [4.78, 5) is 19.8. The lowest BCUT2D eigenvalue weighted by Crippen LogP contribution is -2.36. The molecule has 1 aliphatic rings. The highest BCUT2D eigenvalue weighted by Gasteiger charge is 2.32. The number of hydrogen-bond acceptors (Lipinski definition) is 5. The van der Waals surface area contributed by atoms with Crippen LogP contribution in [0.4, 0.5) is 0 Å². The Bertz CT molecular complexity index is 691. The summed E-state index contributed by atoms with van der Waals surface area (Å²) in [5.74, 6) is 1.18. The van der Waals surface area contributed by atoms with Crippen LogP contribution >= 0.6 is 11.6 Å². The molecule has 24 heavy (non-hydrogen) atoms. The zero-order valence-electron chi connectivity index (χ0n) is 13.7. The number of hydrogen-bond donors (Lipinski definition) is 2. The Labute approximate surface area is 145 Å². The topological polar surface area (TPSA) is 93.0 Å². The van der Waals surface area contributed by atoms with Gasteiger partial charge in [0.25, 0.3) is 5.91 Å². The van der Waals surface area contributed by atoms with Crippen LogP contribution in [0.15, 0.2) is 16.8 Å². The predicted molar refractivity (Wildman–Crippen MR) is 87.9 cm³/mol. The van der Waals surface area contributed by atoms with E-state index in [4.69, 9.17) is 20.9 Å². The van der Waals surface area contributed by atoms with E-state index in [1.165, 1.54) is 0 Å². The first-order valence-electron chi connectivity index (χ1n) is 8.10. The van der Waals surface area contributed by atoms with Gasteiger partial charge in [0.15, 0.2) is 5.82 Å². The molecule has 130 valence electrons. The second kappa shape index (κ2) is 7.36. The minimum absolute atomic E-state index is 0.163. The summed E-state index contributed by atoms with van der Waals surface area (Å²) in [6.45, 7) is 5.32. The second-order valence-electron chi connectivity index (χ2n) is 6.28. The lowest BCUT2D eigenvalue weighted by molar-refractivity contribution is 0.0467. The summed E-state index contributed by atoms with van der Waals surface area (Å²) in [6, 6.07) is 1.24. The molecule has 1 saturated heterocycles. The van der Waals surface area contributed by atoms with Crippen LogP contribution in [0.1, 0.15) is 60.9 Å². The highest BCUT2D eigenvalue weighted by molar-refractivity contribution is 6.30. The van der Waals surface area contributed by atoms with Gasteiger partial charge in [0, 0.05) is 25.3 Å². The van der Waals surface area contributed by atoms with Crippen LogP contribution in [0.25, 0.3) is 0 Å². The lowest BCUT2D eigenvalue weighted by atomic mass is 9.91. The zero-order chi connectivity index (χ0) is 17.1. The number of amides is 1. The number of H-pyrrole nitrogens is 1. The van der Waals surface area contributed by atoms with Crippen molar-refractivity contribution in [3.05, 3.63) is 34.7 Å². The first kappa shape index (κ1) is 17.0. The largest absolute Gasteiger partial charge is 0.381 e. The highest BCUT2D eigenvalue weighted by atomic mass is 35.5. The molecule has 8 heteroatoms. The molecule has 1 atom stereocenters. The van der Waals surface area contributed by atoms with Crippen LogP contribution in [0.3, 0.4) is 0 Å². The molecule has 3 rings (SSSR count). The summed E-state index contributed by atoms with van der Waals surface area (Å²) < 4.78 is 10.8. The Morgan fingerprint density at radius 3 is 2.75 bits per heavy atom.